The Morgan fingerprint density at radius 1 is 1.00 bits per heavy atom. The summed E-state index contributed by atoms with van der Waals surface area (Å²) in [5.41, 5.74) is 2.15. The Hall–Kier alpha value is -2.89. The van der Waals surface area contributed by atoms with Gasteiger partial charge in [0.2, 0.25) is 5.91 Å². The summed E-state index contributed by atoms with van der Waals surface area (Å²) >= 11 is 0. The molecule has 0 unspecified atom stereocenters. The molecule has 0 aliphatic carbocycles. The molecule has 3 heterocycles. The van der Waals surface area contributed by atoms with E-state index in [0.29, 0.717) is 12.0 Å². The molecule has 2 aliphatic heterocycles. The molecular formula is C20H22N4O2. The van der Waals surface area contributed by atoms with Crippen LogP contribution in [0.2, 0.25) is 0 Å². The molecule has 2 aromatic rings. The predicted molar refractivity (Wildman–Crippen MR) is 102 cm³/mol. The van der Waals surface area contributed by atoms with Crippen LogP contribution < -0.4 is 15.1 Å². The first-order valence-corrected chi connectivity index (χ1v) is 9.14. The lowest BCUT2D eigenvalue weighted by atomic mass is 10.1. The minimum atomic E-state index is -0.169. The van der Waals surface area contributed by atoms with Crippen molar-refractivity contribution < 1.29 is 9.59 Å². The lowest BCUT2D eigenvalue weighted by Crippen LogP contribution is -2.24. The molecule has 6 heteroatoms. The van der Waals surface area contributed by atoms with Crippen LogP contribution in [0.4, 0.5) is 17.2 Å². The SMILES string of the molecule is O=C(Nc1cccnc1N1CCCC1)c1ccc(N2CCCC2=O)cc1. The number of benzene rings is 1. The topological polar surface area (TPSA) is 65.5 Å². The molecule has 2 saturated heterocycles. The molecule has 0 spiro atoms. The van der Waals surface area contributed by atoms with Crippen molar-refractivity contribution in [2.24, 2.45) is 0 Å². The van der Waals surface area contributed by atoms with Gasteiger partial charge in [0.1, 0.15) is 0 Å². The zero-order valence-electron chi connectivity index (χ0n) is 14.6. The monoisotopic (exact) mass is 350 g/mol. The standard InChI is InChI=1S/C20H22N4O2/c25-18-6-4-14-24(18)16-9-7-15(8-10-16)20(26)22-17-5-3-11-21-19(17)23-12-1-2-13-23/h3,5,7-11H,1-2,4,6,12-14H2,(H,22,26). The molecule has 2 amide bonds. The summed E-state index contributed by atoms with van der Waals surface area (Å²) in [5, 5.41) is 2.98. The fourth-order valence-electron chi connectivity index (χ4n) is 3.58. The molecule has 26 heavy (non-hydrogen) atoms. The van der Waals surface area contributed by atoms with Crippen LogP contribution in [0.25, 0.3) is 0 Å². The van der Waals surface area contributed by atoms with Gasteiger partial charge < -0.3 is 15.1 Å². The highest BCUT2D eigenvalue weighted by atomic mass is 16.2. The van der Waals surface area contributed by atoms with Crippen molar-refractivity contribution in [2.75, 3.05) is 34.8 Å². The number of aromatic nitrogens is 1. The van der Waals surface area contributed by atoms with Crippen molar-refractivity contribution in [2.45, 2.75) is 25.7 Å². The van der Waals surface area contributed by atoms with E-state index in [9.17, 15) is 9.59 Å². The molecule has 6 nitrogen and oxygen atoms in total. The van der Waals surface area contributed by atoms with E-state index < -0.39 is 0 Å². The molecular weight excluding hydrogens is 328 g/mol. The van der Waals surface area contributed by atoms with Crippen LogP contribution in [0.1, 0.15) is 36.0 Å². The maximum Gasteiger partial charge on any atom is 0.255 e. The number of nitrogens with zero attached hydrogens (tertiary/aromatic N) is 3. The van der Waals surface area contributed by atoms with E-state index in [0.717, 1.165) is 56.1 Å². The fourth-order valence-corrected chi connectivity index (χ4v) is 3.58. The normalized spacial score (nSPS) is 17.0. The smallest absolute Gasteiger partial charge is 0.255 e. The average Bonchev–Trinajstić information content (AvgIpc) is 3.34. The van der Waals surface area contributed by atoms with Crippen LogP contribution in [0.5, 0.6) is 0 Å². The number of hydrogen-bond donors (Lipinski definition) is 1. The number of rotatable bonds is 4. The van der Waals surface area contributed by atoms with Gasteiger partial charge in [0.25, 0.3) is 5.91 Å². The largest absolute Gasteiger partial charge is 0.355 e. The van der Waals surface area contributed by atoms with Gasteiger partial charge in [0, 0.05) is 43.5 Å². The number of pyridine rings is 1. The van der Waals surface area contributed by atoms with Crippen molar-refractivity contribution in [3.8, 4) is 0 Å². The predicted octanol–water partition coefficient (Wildman–Crippen LogP) is 3.06. The third-order valence-corrected chi connectivity index (χ3v) is 4.96. The summed E-state index contributed by atoms with van der Waals surface area (Å²) in [7, 11) is 0. The number of amides is 2. The minimum Gasteiger partial charge on any atom is -0.355 e. The zero-order chi connectivity index (χ0) is 17.9. The summed E-state index contributed by atoms with van der Waals surface area (Å²) < 4.78 is 0. The van der Waals surface area contributed by atoms with E-state index in [4.69, 9.17) is 0 Å². The number of carbonyl (C=O) groups is 2. The molecule has 134 valence electrons. The summed E-state index contributed by atoms with van der Waals surface area (Å²) in [5.74, 6) is 0.809. The lowest BCUT2D eigenvalue weighted by molar-refractivity contribution is -0.117. The lowest BCUT2D eigenvalue weighted by Gasteiger charge is -2.20. The van der Waals surface area contributed by atoms with E-state index >= 15 is 0 Å². The van der Waals surface area contributed by atoms with E-state index in [2.05, 4.69) is 15.2 Å². The maximum atomic E-state index is 12.6. The van der Waals surface area contributed by atoms with E-state index in [-0.39, 0.29) is 11.8 Å². The number of hydrogen-bond acceptors (Lipinski definition) is 4. The highest BCUT2D eigenvalue weighted by Crippen LogP contribution is 2.27. The molecule has 1 N–H and O–H groups in total. The van der Waals surface area contributed by atoms with Crippen molar-refractivity contribution in [1.82, 2.24) is 4.98 Å². The molecule has 0 radical (unpaired) electrons. The summed E-state index contributed by atoms with van der Waals surface area (Å²) in [6.45, 7) is 2.69. The Kier molecular flexibility index (Phi) is 4.56. The first-order valence-electron chi connectivity index (χ1n) is 9.14. The Bertz CT molecular complexity index is 813. The summed E-state index contributed by atoms with van der Waals surface area (Å²) in [6, 6.07) is 10.9. The minimum absolute atomic E-state index is 0.146. The van der Waals surface area contributed by atoms with Gasteiger partial charge in [-0.1, -0.05) is 0 Å². The Balaban J connectivity index is 1.49. The van der Waals surface area contributed by atoms with Gasteiger partial charge in [-0.25, -0.2) is 4.98 Å². The molecule has 1 aromatic heterocycles. The second-order valence-corrected chi connectivity index (χ2v) is 6.72. The van der Waals surface area contributed by atoms with Gasteiger partial charge >= 0.3 is 0 Å². The fraction of sp³-hybridized carbons (Fsp3) is 0.350. The van der Waals surface area contributed by atoms with Crippen LogP contribution in [0.15, 0.2) is 42.6 Å². The Morgan fingerprint density at radius 2 is 1.77 bits per heavy atom. The third-order valence-electron chi connectivity index (χ3n) is 4.96. The quantitative estimate of drug-likeness (QED) is 0.920. The zero-order valence-corrected chi connectivity index (χ0v) is 14.6. The maximum absolute atomic E-state index is 12.6. The molecule has 1 aromatic carbocycles. The van der Waals surface area contributed by atoms with Crippen LogP contribution in [-0.4, -0.2) is 36.4 Å². The van der Waals surface area contributed by atoms with E-state index in [1.165, 1.54) is 0 Å². The first kappa shape index (κ1) is 16.6. The third kappa shape index (κ3) is 3.27. The first-order chi connectivity index (χ1) is 12.7. The van der Waals surface area contributed by atoms with Gasteiger partial charge in [-0.15, -0.1) is 0 Å². The van der Waals surface area contributed by atoms with Crippen molar-refractivity contribution in [3.63, 3.8) is 0 Å². The van der Waals surface area contributed by atoms with Gasteiger partial charge in [-0.05, 0) is 55.7 Å². The number of anilines is 3. The molecule has 2 aliphatic rings. The van der Waals surface area contributed by atoms with Gasteiger partial charge in [-0.3, -0.25) is 9.59 Å². The Labute approximate surface area is 152 Å². The molecule has 0 saturated carbocycles. The van der Waals surface area contributed by atoms with Crippen LogP contribution in [0.3, 0.4) is 0 Å². The van der Waals surface area contributed by atoms with Crippen LogP contribution in [0, 0.1) is 0 Å². The average molecular weight is 350 g/mol. The Morgan fingerprint density at radius 3 is 2.46 bits per heavy atom. The van der Waals surface area contributed by atoms with Crippen LogP contribution >= 0.6 is 0 Å². The number of nitrogens with one attached hydrogen (secondary N) is 1. The highest BCUT2D eigenvalue weighted by molar-refractivity contribution is 6.06. The molecule has 0 bridgehead atoms. The van der Waals surface area contributed by atoms with Crippen molar-refractivity contribution >= 4 is 29.0 Å². The molecule has 4 rings (SSSR count). The second-order valence-electron chi connectivity index (χ2n) is 6.72. The summed E-state index contributed by atoms with van der Waals surface area (Å²) in [6.07, 6.45) is 5.55. The van der Waals surface area contributed by atoms with Crippen molar-refractivity contribution in [3.05, 3.63) is 48.2 Å². The number of carbonyl (C=O) groups excluding carboxylic acids is 2. The van der Waals surface area contributed by atoms with Crippen molar-refractivity contribution in [1.29, 1.82) is 0 Å². The van der Waals surface area contributed by atoms with Gasteiger partial charge in [-0.2, -0.15) is 0 Å². The molecule has 0 atom stereocenters. The highest BCUT2D eigenvalue weighted by Gasteiger charge is 2.22. The van der Waals surface area contributed by atoms with E-state index in [1.807, 2.05) is 24.3 Å². The van der Waals surface area contributed by atoms with Gasteiger partial charge in [0.15, 0.2) is 5.82 Å². The molecule has 2 fully saturated rings. The summed E-state index contributed by atoms with van der Waals surface area (Å²) in [4.78, 5) is 32.9. The van der Waals surface area contributed by atoms with Gasteiger partial charge in [0.05, 0.1) is 5.69 Å². The second kappa shape index (κ2) is 7.15. The van der Waals surface area contributed by atoms with E-state index in [1.54, 1.807) is 23.2 Å². The van der Waals surface area contributed by atoms with Crippen LogP contribution in [-0.2, 0) is 4.79 Å².